The fourth-order valence-corrected chi connectivity index (χ4v) is 4.82. The normalized spacial score (nSPS) is 11.8. The first-order valence-corrected chi connectivity index (χ1v) is 13.3. The fourth-order valence-electron chi connectivity index (χ4n) is 3.17. The Morgan fingerprint density at radius 1 is 1.06 bits per heavy atom. The quantitative estimate of drug-likeness (QED) is 0.153. The van der Waals surface area contributed by atoms with E-state index in [1.165, 1.54) is 54.2 Å². The molecular formula is C24H21F4NO5S2. The van der Waals surface area contributed by atoms with Crippen LogP contribution in [0.25, 0.3) is 0 Å². The SMILES string of the molecule is CS(=O)(=O)c1cc(NC(=O)c2ccc(CCCSc3ccc(OC(F)(F)F)cc3)c(F)c2)ccc1O. The highest BCUT2D eigenvalue weighted by Gasteiger charge is 2.30. The van der Waals surface area contributed by atoms with Crippen molar-refractivity contribution in [2.75, 3.05) is 17.3 Å². The van der Waals surface area contributed by atoms with Gasteiger partial charge in [0, 0.05) is 22.4 Å². The second-order valence-corrected chi connectivity index (χ2v) is 10.8. The maximum atomic E-state index is 14.5. The van der Waals surface area contributed by atoms with E-state index < -0.39 is 33.7 Å². The van der Waals surface area contributed by atoms with Crippen molar-refractivity contribution in [1.29, 1.82) is 0 Å². The monoisotopic (exact) mass is 543 g/mol. The van der Waals surface area contributed by atoms with Crippen LogP contribution in [0.15, 0.2) is 70.5 Å². The number of amides is 1. The van der Waals surface area contributed by atoms with Gasteiger partial charge in [-0.15, -0.1) is 24.9 Å². The largest absolute Gasteiger partial charge is 0.573 e. The predicted molar refractivity (Wildman–Crippen MR) is 128 cm³/mol. The predicted octanol–water partition coefficient (Wildman–Crippen LogP) is 5.81. The van der Waals surface area contributed by atoms with Gasteiger partial charge in [0.1, 0.15) is 22.2 Å². The van der Waals surface area contributed by atoms with E-state index in [1.807, 2.05) is 0 Å². The van der Waals surface area contributed by atoms with E-state index in [4.69, 9.17) is 0 Å². The van der Waals surface area contributed by atoms with E-state index >= 15 is 0 Å². The minimum Gasteiger partial charge on any atom is -0.507 e. The first kappa shape index (κ1) is 27.3. The number of nitrogens with one attached hydrogen (secondary N) is 1. The number of aryl methyl sites for hydroxylation is 1. The number of alkyl halides is 3. The number of phenolic OH excluding ortho intramolecular Hbond substituents is 1. The highest BCUT2D eigenvalue weighted by molar-refractivity contribution is 7.99. The number of carbonyl (C=O) groups is 1. The third-order valence-electron chi connectivity index (χ3n) is 4.85. The molecule has 0 unspecified atom stereocenters. The zero-order valence-electron chi connectivity index (χ0n) is 18.8. The Kier molecular flexibility index (Phi) is 8.51. The number of carbonyl (C=O) groups excluding carboxylic acids is 1. The highest BCUT2D eigenvalue weighted by Crippen LogP contribution is 2.28. The van der Waals surface area contributed by atoms with Crippen LogP contribution in [0.2, 0.25) is 0 Å². The number of hydrogen-bond donors (Lipinski definition) is 2. The summed E-state index contributed by atoms with van der Waals surface area (Å²) in [6.07, 6.45) is -2.87. The van der Waals surface area contributed by atoms with Gasteiger partial charge in [-0.3, -0.25) is 4.79 Å². The molecule has 0 fully saturated rings. The van der Waals surface area contributed by atoms with Crippen molar-refractivity contribution in [3.8, 4) is 11.5 Å². The third kappa shape index (κ3) is 7.89. The molecule has 0 aliphatic heterocycles. The lowest BCUT2D eigenvalue weighted by Gasteiger charge is -2.10. The molecule has 0 spiro atoms. The van der Waals surface area contributed by atoms with Crippen LogP contribution in [-0.2, 0) is 16.3 Å². The molecule has 0 aliphatic carbocycles. The van der Waals surface area contributed by atoms with Gasteiger partial charge in [0.15, 0.2) is 9.84 Å². The zero-order chi connectivity index (χ0) is 26.5. The molecule has 12 heteroatoms. The molecule has 0 radical (unpaired) electrons. The minimum absolute atomic E-state index is 0.0285. The lowest BCUT2D eigenvalue weighted by molar-refractivity contribution is -0.274. The molecule has 1 amide bonds. The summed E-state index contributed by atoms with van der Waals surface area (Å²) in [5.74, 6) is -1.40. The molecule has 0 aromatic heterocycles. The standard InChI is InChI=1S/C24H21F4NO5S2/c1-36(32,33)22-14-17(6-11-21(22)30)29-23(31)16-5-4-15(20(25)13-16)3-2-12-35-19-9-7-18(8-10-19)34-24(26,27)28/h4-11,13-14,30H,2-3,12H2,1H3,(H,29,31). The number of rotatable bonds is 9. The molecule has 0 bridgehead atoms. The summed E-state index contributed by atoms with van der Waals surface area (Å²) in [5.41, 5.74) is 0.545. The summed E-state index contributed by atoms with van der Waals surface area (Å²) in [5, 5.41) is 12.2. The molecule has 0 heterocycles. The Morgan fingerprint density at radius 3 is 2.36 bits per heavy atom. The smallest absolute Gasteiger partial charge is 0.507 e. The van der Waals surface area contributed by atoms with E-state index in [0.29, 0.717) is 24.2 Å². The van der Waals surface area contributed by atoms with Crippen LogP contribution >= 0.6 is 11.8 Å². The summed E-state index contributed by atoms with van der Waals surface area (Å²) in [7, 11) is -3.72. The number of sulfone groups is 1. The summed E-state index contributed by atoms with van der Waals surface area (Å²) in [6, 6.07) is 13.0. The topological polar surface area (TPSA) is 92.7 Å². The van der Waals surface area contributed by atoms with Gasteiger partial charge >= 0.3 is 6.36 Å². The Morgan fingerprint density at radius 2 is 1.75 bits per heavy atom. The van der Waals surface area contributed by atoms with Crippen molar-refractivity contribution in [3.05, 3.63) is 77.6 Å². The number of aromatic hydroxyl groups is 1. The van der Waals surface area contributed by atoms with Gasteiger partial charge in [-0.05, 0) is 78.8 Å². The van der Waals surface area contributed by atoms with Crippen LogP contribution in [0.4, 0.5) is 23.2 Å². The van der Waals surface area contributed by atoms with Crippen molar-refractivity contribution < 1.29 is 40.6 Å². The second kappa shape index (κ2) is 11.2. The number of ether oxygens (including phenoxy) is 1. The van der Waals surface area contributed by atoms with Crippen molar-refractivity contribution in [2.24, 2.45) is 0 Å². The average Bonchev–Trinajstić information content (AvgIpc) is 2.78. The molecular weight excluding hydrogens is 522 g/mol. The van der Waals surface area contributed by atoms with Gasteiger partial charge < -0.3 is 15.2 Å². The molecule has 0 aliphatic rings. The molecule has 0 saturated carbocycles. The Bertz CT molecular complexity index is 1340. The number of benzene rings is 3. The van der Waals surface area contributed by atoms with Gasteiger partial charge in [-0.25, -0.2) is 12.8 Å². The van der Waals surface area contributed by atoms with Gasteiger partial charge in [-0.1, -0.05) is 6.07 Å². The number of hydrogen-bond acceptors (Lipinski definition) is 6. The molecule has 6 nitrogen and oxygen atoms in total. The summed E-state index contributed by atoms with van der Waals surface area (Å²) >= 11 is 1.40. The summed E-state index contributed by atoms with van der Waals surface area (Å²) in [4.78, 5) is 12.9. The Balaban J connectivity index is 1.53. The van der Waals surface area contributed by atoms with Crippen molar-refractivity contribution in [1.82, 2.24) is 0 Å². The Labute approximate surface area is 209 Å². The third-order valence-corrected chi connectivity index (χ3v) is 7.07. The molecule has 3 aromatic carbocycles. The highest BCUT2D eigenvalue weighted by atomic mass is 32.2. The lowest BCUT2D eigenvalue weighted by Crippen LogP contribution is -2.16. The van der Waals surface area contributed by atoms with Crippen LogP contribution in [0, 0.1) is 5.82 Å². The van der Waals surface area contributed by atoms with E-state index in [2.05, 4.69) is 10.1 Å². The maximum Gasteiger partial charge on any atom is 0.573 e. The van der Waals surface area contributed by atoms with Gasteiger partial charge in [0.2, 0.25) is 0 Å². The average molecular weight is 544 g/mol. The van der Waals surface area contributed by atoms with E-state index in [-0.39, 0.29) is 21.9 Å². The van der Waals surface area contributed by atoms with Gasteiger partial charge in [0.25, 0.3) is 5.91 Å². The molecule has 0 atom stereocenters. The Hall–Kier alpha value is -3.25. The van der Waals surface area contributed by atoms with Crippen molar-refractivity contribution in [2.45, 2.75) is 29.0 Å². The van der Waals surface area contributed by atoms with Crippen LogP contribution in [0.5, 0.6) is 11.5 Å². The molecule has 3 rings (SSSR count). The molecule has 2 N–H and O–H groups in total. The van der Waals surface area contributed by atoms with Crippen LogP contribution < -0.4 is 10.1 Å². The lowest BCUT2D eigenvalue weighted by atomic mass is 10.1. The van der Waals surface area contributed by atoms with Crippen molar-refractivity contribution in [3.63, 3.8) is 0 Å². The summed E-state index contributed by atoms with van der Waals surface area (Å²) in [6.45, 7) is 0. The maximum absolute atomic E-state index is 14.5. The zero-order valence-corrected chi connectivity index (χ0v) is 20.4. The second-order valence-electron chi connectivity index (χ2n) is 7.69. The first-order chi connectivity index (χ1) is 16.8. The van der Waals surface area contributed by atoms with Crippen LogP contribution in [-0.4, -0.2) is 37.8 Å². The fraction of sp³-hybridized carbons (Fsp3) is 0.208. The van der Waals surface area contributed by atoms with E-state index in [9.17, 15) is 35.9 Å². The van der Waals surface area contributed by atoms with Gasteiger partial charge in [-0.2, -0.15) is 0 Å². The molecule has 3 aromatic rings. The van der Waals surface area contributed by atoms with Crippen LogP contribution in [0.1, 0.15) is 22.3 Å². The van der Waals surface area contributed by atoms with Crippen molar-refractivity contribution >= 4 is 33.2 Å². The molecule has 0 saturated heterocycles. The van der Waals surface area contributed by atoms with Crippen LogP contribution in [0.3, 0.4) is 0 Å². The first-order valence-electron chi connectivity index (χ1n) is 10.4. The van der Waals surface area contributed by atoms with Gasteiger partial charge in [0.05, 0.1) is 0 Å². The number of phenols is 1. The molecule has 36 heavy (non-hydrogen) atoms. The number of halogens is 4. The van der Waals surface area contributed by atoms with E-state index in [1.54, 1.807) is 0 Å². The number of anilines is 1. The molecule has 192 valence electrons. The van der Waals surface area contributed by atoms with E-state index in [0.717, 1.165) is 29.4 Å². The minimum atomic E-state index is -4.75. The number of thioether (sulfide) groups is 1. The summed E-state index contributed by atoms with van der Waals surface area (Å²) < 4.78 is 78.4.